The van der Waals surface area contributed by atoms with E-state index in [-0.39, 0.29) is 0 Å². The van der Waals surface area contributed by atoms with Crippen LogP contribution in [0.15, 0.2) is 0 Å². The molecule has 2 N–H and O–H groups in total. The Kier molecular flexibility index (Phi) is 10.6. The summed E-state index contributed by atoms with van der Waals surface area (Å²) in [6.45, 7) is 6.82. The summed E-state index contributed by atoms with van der Waals surface area (Å²) >= 11 is 6.69. The van der Waals surface area contributed by atoms with Gasteiger partial charge in [-0.25, -0.2) is 0 Å². The minimum atomic E-state index is 0.616. The average Bonchev–Trinajstić information content (AvgIpc) is 2.19. The van der Waals surface area contributed by atoms with Crippen LogP contribution >= 0.6 is 24.0 Å². The molecule has 1 atom stereocenters. The number of nitrogens with two attached hydrogens (primary N) is 1. The van der Waals surface area contributed by atoms with Crippen LogP contribution in [-0.2, 0) is 0 Å². The van der Waals surface area contributed by atoms with Crippen molar-refractivity contribution in [3.63, 3.8) is 0 Å². The normalized spacial score (nSPS) is 13.0. The molecule has 16 heavy (non-hydrogen) atoms. The van der Waals surface area contributed by atoms with Crippen LogP contribution in [0.4, 0.5) is 0 Å². The molecule has 0 saturated heterocycles. The lowest BCUT2D eigenvalue weighted by molar-refractivity contribution is 0.515. The highest BCUT2D eigenvalue weighted by molar-refractivity contribution is 8.23. The van der Waals surface area contributed by atoms with Crippen molar-refractivity contribution in [2.75, 3.05) is 0 Å². The molecule has 96 valence electrons. The predicted octanol–water partition coefficient (Wildman–Crippen LogP) is 4.74. The van der Waals surface area contributed by atoms with Gasteiger partial charge in [0.2, 0.25) is 0 Å². The lowest BCUT2D eigenvalue weighted by Crippen LogP contribution is -2.11. The number of unbranched alkanes of at least 4 members (excludes halogenated alkanes) is 2. The second-order valence-corrected chi connectivity index (χ2v) is 6.92. The van der Waals surface area contributed by atoms with Gasteiger partial charge >= 0.3 is 0 Å². The summed E-state index contributed by atoms with van der Waals surface area (Å²) in [5, 5.41) is 0.657. The van der Waals surface area contributed by atoms with Crippen molar-refractivity contribution >= 4 is 28.3 Å². The Bertz CT molecular complexity index is 181. The third-order valence-corrected chi connectivity index (χ3v) is 4.05. The highest BCUT2D eigenvalue weighted by Crippen LogP contribution is 2.23. The Balaban J connectivity index is 3.68. The third-order valence-electron chi connectivity index (χ3n) is 2.72. The average molecular weight is 262 g/mol. The minimum absolute atomic E-state index is 0.616. The predicted molar refractivity (Wildman–Crippen MR) is 81.0 cm³/mol. The van der Waals surface area contributed by atoms with Crippen molar-refractivity contribution in [2.24, 2.45) is 11.7 Å². The van der Waals surface area contributed by atoms with E-state index >= 15 is 0 Å². The highest BCUT2D eigenvalue weighted by atomic mass is 32.2. The fraction of sp³-hybridized carbons (Fsp3) is 0.923. The SMILES string of the molecule is CCCCC(CCCCC(C)C)SC(N)=S. The second kappa shape index (κ2) is 10.4. The molecular weight excluding hydrogens is 234 g/mol. The molecule has 0 rings (SSSR count). The molecular formula is C13H27NS2. The van der Waals surface area contributed by atoms with Gasteiger partial charge in [0, 0.05) is 5.25 Å². The molecule has 0 aliphatic heterocycles. The van der Waals surface area contributed by atoms with Gasteiger partial charge in [-0.1, -0.05) is 76.9 Å². The van der Waals surface area contributed by atoms with Crippen LogP contribution in [0.1, 0.15) is 65.7 Å². The molecule has 1 nitrogen and oxygen atoms in total. The van der Waals surface area contributed by atoms with Gasteiger partial charge in [0.1, 0.15) is 4.32 Å². The molecule has 0 radical (unpaired) electrons. The molecule has 0 fully saturated rings. The van der Waals surface area contributed by atoms with Crippen molar-refractivity contribution in [1.82, 2.24) is 0 Å². The van der Waals surface area contributed by atoms with E-state index in [1.54, 1.807) is 11.8 Å². The smallest absolute Gasteiger partial charge is 0.131 e. The van der Waals surface area contributed by atoms with Crippen LogP contribution in [0.2, 0.25) is 0 Å². The van der Waals surface area contributed by atoms with E-state index in [1.165, 1.54) is 44.9 Å². The maximum Gasteiger partial charge on any atom is 0.131 e. The Morgan fingerprint density at radius 1 is 1.12 bits per heavy atom. The molecule has 0 aliphatic carbocycles. The molecule has 0 amide bonds. The Morgan fingerprint density at radius 3 is 2.19 bits per heavy atom. The zero-order valence-corrected chi connectivity index (χ0v) is 12.6. The van der Waals surface area contributed by atoms with Gasteiger partial charge in [-0.05, 0) is 18.8 Å². The van der Waals surface area contributed by atoms with E-state index in [0.29, 0.717) is 9.57 Å². The fourth-order valence-electron chi connectivity index (χ4n) is 1.78. The van der Waals surface area contributed by atoms with Gasteiger partial charge in [0.15, 0.2) is 0 Å². The largest absolute Gasteiger partial charge is 0.385 e. The molecule has 0 spiro atoms. The molecule has 0 bridgehead atoms. The maximum atomic E-state index is 5.61. The van der Waals surface area contributed by atoms with Crippen LogP contribution in [0.3, 0.4) is 0 Å². The van der Waals surface area contributed by atoms with Gasteiger partial charge in [-0.15, -0.1) is 0 Å². The van der Waals surface area contributed by atoms with Crippen LogP contribution < -0.4 is 5.73 Å². The summed E-state index contributed by atoms with van der Waals surface area (Å²) < 4.78 is 0.616. The van der Waals surface area contributed by atoms with E-state index in [4.69, 9.17) is 18.0 Å². The van der Waals surface area contributed by atoms with Crippen molar-refractivity contribution in [1.29, 1.82) is 0 Å². The first-order valence-corrected chi connectivity index (χ1v) is 7.81. The summed E-state index contributed by atoms with van der Waals surface area (Å²) in [6.07, 6.45) is 9.11. The van der Waals surface area contributed by atoms with E-state index in [9.17, 15) is 0 Å². The molecule has 0 heterocycles. The van der Waals surface area contributed by atoms with Crippen molar-refractivity contribution < 1.29 is 0 Å². The zero-order valence-electron chi connectivity index (χ0n) is 11.0. The van der Waals surface area contributed by atoms with Crippen molar-refractivity contribution in [3.05, 3.63) is 0 Å². The fourth-order valence-corrected chi connectivity index (χ4v) is 3.09. The number of rotatable bonds is 9. The summed E-state index contributed by atoms with van der Waals surface area (Å²) in [4.78, 5) is 0. The number of hydrogen-bond acceptors (Lipinski definition) is 2. The van der Waals surface area contributed by atoms with Gasteiger partial charge in [0.25, 0.3) is 0 Å². The summed E-state index contributed by atoms with van der Waals surface area (Å²) in [5.41, 5.74) is 5.61. The van der Waals surface area contributed by atoms with E-state index < -0.39 is 0 Å². The molecule has 0 aromatic carbocycles. The molecule has 0 aromatic heterocycles. The topological polar surface area (TPSA) is 26.0 Å². The lowest BCUT2D eigenvalue weighted by atomic mass is 10.0. The summed E-state index contributed by atoms with van der Waals surface area (Å²) in [5.74, 6) is 0.831. The van der Waals surface area contributed by atoms with E-state index in [2.05, 4.69) is 20.8 Å². The summed E-state index contributed by atoms with van der Waals surface area (Å²) in [7, 11) is 0. The Labute approximate surface area is 111 Å². The standard InChI is InChI=1S/C13H27NS2/c1-4-5-9-12(16-13(14)15)10-7-6-8-11(2)3/h11-12H,4-10H2,1-3H3,(H2,14,15). The molecule has 0 saturated carbocycles. The van der Waals surface area contributed by atoms with Gasteiger partial charge < -0.3 is 5.73 Å². The lowest BCUT2D eigenvalue weighted by Gasteiger charge is -2.15. The zero-order chi connectivity index (χ0) is 12.4. The molecule has 0 aromatic rings. The first kappa shape index (κ1) is 16.2. The van der Waals surface area contributed by atoms with Crippen molar-refractivity contribution in [3.8, 4) is 0 Å². The quantitative estimate of drug-likeness (QED) is 0.479. The second-order valence-electron chi connectivity index (χ2n) is 4.88. The monoisotopic (exact) mass is 261 g/mol. The number of thioether (sulfide) groups is 1. The minimum Gasteiger partial charge on any atom is -0.385 e. The van der Waals surface area contributed by atoms with Crippen molar-refractivity contribution in [2.45, 2.75) is 71.0 Å². The summed E-state index contributed by atoms with van der Waals surface area (Å²) in [6, 6.07) is 0. The van der Waals surface area contributed by atoms with Crippen LogP contribution in [0, 0.1) is 5.92 Å². The number of thiocarbonyl (C=S) groups is 1. The maximum absolute atomic E-state index is 5.61. The Morgan fingerprint density at radius 2 is 1.69 bits per heavy atom. The molecule has 0 aliphatic rings. The van der Waals surface area contributed by atoms with Gasteiger partial charge in [-0.3, -0.25) is 0 Å². The first-order valence-electron chi connectivity index (χ1n) is 6.52. The van der Waals surface area contributed by atoms with Gasteiger partial charge in [0.05, 0.1) is 0 Å². The van der Waals surface area contributed by atoms with Gasteiger partial charge in [-0.2, -0.15) is 0 Å². The highest BCUT2D eigenvalue weighted by Gasteiger charge is 2.10. The molecule has 1 unspecified atom stereocenters. The molecule has 3 heteroatoms. The van der Waals surface area contributed by atoms with Crippen LogP contribution in [-0.4, -0.2) is 9.57 Å². The number of hydrogen-bond donors (Lipinski definition) is 1. The Hall–Kier alpha value is 0.240. The van der Waals surface area contributed by atoms with Crippen LogP contribution in [0.25, 0.3) is 0 Å². The van der Waals surface area contributed by atoms with E-state index in [1.807, 2.05) is 0 Å². The third kappa shape index (κ3) is 10.7. The first-order chi connectivity index (χ1) is 7.56. The van der Waals surface area contributed by atoms with Crippen LogP contribution in [0.5, 0.6) is 0 Å². The van der Waals surface area contributed by atoms with E-state index in [0.717, 1.165) is 5.92 Å².